The number of nitrogens with zero attached hydrogens (tertiary/aromatic N) is 1. The molecule has 1 saturated heterocycles. The molecule has 0 aromatic rings. The topological polar surface area (TPSA) is 15.3 Å². The van der Waals surface area contributed by atoms with Gasteiger partial charge in [-0.3, -0.25) is 0 Å². The molecular weight excluding hydrogens is 232 g/mol. The fourth-order valence-electron chi connectivity index (χ4n) is 2.99. The molecule has 0 amide bonds. The highest BCUT2D eigenvalue weighted by Gasteiger charge is 2.33. The molecule has 114 valence electrons. The van der Waals surface area contributed by atoms with E-state index in [4.69, 9.17) is 0 Å². The Labute approximate surface area is 121 Å². The van der Waals surface area contributed by atoms with Crippen molar-refractivity contribution in [1.82, 2.24) is 10.2 Å². The third-order valence-electron chi connectivity index (χ3n) is 4.60. The monoisotopic (exact) mass is 268 g/mol. The molecule has 1 fully saturated rings. The van der Waals surface area contributed by atoms with Crippen molar-refractivity contribution in [1.29, 1.82) is 0 Å². The summed E-state index contributed by atoms with van der Waals surface area (Å²) in [5.74, 6) is 1.65. The van der Waals surface area contributed by atoms with Crippen molar-refractivity contribution < 1.29 is 0 Å². The van der Waals surface area contributed by atoms with Gasteiger partial charge in [-0.2, -0.15) is 0 Å². The Morgan fingerprint density at radius 3 is 2.42 bits per heavy atom. The van der Waals surface area contributed by atoms with Crippen molar-refractivity contribution in [3.8, 4) is 0 Å². The van der Waals surface area contributed by atoms with E-state index in [9.17, 15) is 0 Å². The quantitative estimate of drug-likeness (QED) is 0.707. The number of likely N-dealkylation sites (tertiary alicyclic amines) is 1. The molecule has 0 aliphatic carbocycles. The highest BCUT2D eigenvalue weighted by atomic mass is 15.2. The molecule has 1 N–H and O–H groups in total. The van der Waals surface area contributed by atoms with E-state index in [0.29, 0.717) is 5.41 Å². The molecule has 0 spiro atoms. The molecule has 2 heteroatoms. The van der Waals surface area contributed by atoms with Crippen LogP contribution in [0.4, 0.5) is 0 Å². The van der Waals surface area contributed by atoms with E-state index in [0.717, 1.165) is 24.4 Å². The van der Waals surface area contributed by atoms with Crippen LogP contribution in [0.1, 0.15) is 60.8 Å². The van der Waals surface area contributed by atoms with Gasteiger partial charge in [0.1, 0.15) is 0 Å². The summed E-state index contributed by atoms with van der Waals surface area (Å²) < 4.78 is 0. The third kappa shape index (κ3) is 6.27. The Morgan fingerprint density at radius 2 is 1.89 bits per heavy atom. The molecule has 1 rings (SSSR count). The zero-order valence-electron chi connectivity index (χ0n) is 14.1. The van der Waals surface area contributed by atoms with Gasteiger partial charge in [0, 0.05) is 12.6 Å². The van der Waals surface area contributed by atoms with Gasteiger partial charge in [-0.1, -0.05) is 34.6 Å². The summed E-state index contributed by atoms with van der Waals surface area (Å²) in [6.45, 7) is 19.1. The molecule has 0 bridgehead atoms. The fraction of sp³-hybridized carbons (Fsp3) is 1.00. The Hall–Kier alpha value is -0.0800. The second-order valence-corrected chi connectivity index (χ2v) is 7.94. The van der Waals surface area contributed by atoms with Crippen LogP contribution in [0.5, 0.6) is 0 Å². The van der Waals surface area contributed by atoms with Crippen LogP contribution in [-0.4, -0.2) is 37.1 Å². The van der Waals surface area contributed by atoms with Crippen molar-refractivity contribution in [2.45, 2.75) is 66.8 Å². The molecule has 1 aliphatic rings. The van der Waals surface area contributed by atoms with E-state index in [1.807, 2.05) is 0 Å². The highest BCUT2D eigenvalue weighted by molar-refractivity contribution is 4.86. The Balaban J connectivity index is 2.16. The summed E-state index contributed by atoms with van der Waals surface area (Å²) in [5.41, 5.74) is 0.479. The van der Waals surface area contributed by atoms with Crippen molar-refractivity contribution in [3.05, 3.63) is 0 Å². The van der Waals surface area contributed by atoms with Crippen LogP contribution >= 0.6 is 0 Å². The van der Waals surface area contributed by atoms with Crippen LogP contribution in [-0.2, 0) is 0 Å². The molecule has 2 atom stereocenters. The van der Waals surface area contributed by atoms with Gasteiger partial charge in [0.25, 0.3) is 0 Å². The van der Waals surface area contributed by atoms with Crippen LogP contribution in [0, 0.1) is 17.3 Å². The standard InChI is InChI=1S/C17H36N2/c1-14(2)12-18-10-7-8-15(3)19-11-9-16(13-19)17(4,5)6/h14-16,18H,7-13H2,1-6H3. The summed E-state index contributed by atoms with van der Waals surface area (Å²) in [6.07, 6.45) is 4.03. The summed E-state index contributed by atoms with van der Waals surface area (Å²) in [4.78, 5) is 2.71. The average molecular weight is 268 g/mol. The number of rotatable bonds is 7. The van der Waals surface area contributed by atoms with Crippen molar-refractivity contribution in [3.63, 3.8) is 0 Å². The van der Waals surface area contributed by atoms with Crippen LogP contribution in [0.2, 0.25) is 0 Å². The third-order valence-corrected chi connectivity index (χ3v) is 4.60. The Morgan fingerprint density at radius 1 is 1.21 bits per heavy atom. The first-order chi connectivity index (χ1) is 8.80. The molecular formula is C17H36N2. The van der Waals surface area contributed by atoms with Crippen LogP contribution in [0.3, 0.4) is 0 Å². The maximum atomic E-state index is 3.55. The van der Waals surface area contributed by atoms with Gasteiger partial charge in [-0.15, -0.1) is 0 Å². The SMILES string of the molecule is CC(C)CNCCCC(C)N1CCC(C(C)(C)C)C1. The van der Waals surface area contributed by atoms with Gasteiger partial charge in [0.15, 0.2) is 0 Å². The Bertz CT molecular complexity index is 242. The van der Waals surface area contributed by atoms with Gasteiger partial charge < -0.3 is 10.2 Å². The van der Waals surface area contributed by atoms with Crippen LogP contribution in [0.15, 0.2) is 0 Å². The van der Waals surface area contributed by atoms with Crippen molar-refractivity contribution in [2.24, 2.45) is 17.3 Å². The molecule has 19 heavy (non-hydrogen) atoms. The maximum Gasteiger partial charge on any atom is 0.00675 e. The largest absolute Gasteiger partial charge is 0.316 e. The average Bonchev–Trinajstić information content (AvgIpc) is 2.76. The molecule has 0 aromatic heterocycles. The first-order valence-corrected chi connectivity index (χ1v) is 8.25. The smallest absolute Gasteiger partial charge is 0.00675 e. The maximum absolute atomic E-state index is 3.55. The van der Waals surface area contributed by atoms with Crippen LogP contribution in [0.25, 0.3) is 0 Å². The van der Waals surface area contributed by atoms with Gasteiger partial charge in [0.2, 0.25) is 0 Å². The highest BCUT2D eigenvalue weighted by Crippen LogP contribution is 2.34. The lowest BCUT2D eigenvalue weighted by atomic mass is 9.80. The van der Waals surface area contributed by atoms with E-state index < -0.39 is 0 Å². The van der Waals surface area contributed by atoms with Crippen LogP contribution < -0.4 is 5.32 Å². The lowest BCUT2D eigenvalue weighted by Gasteiger charge is -2.29. The molecule has 1 aliphatic heterocycles. The molecule has 1 heterocycles. The Kier molecular flexibility index (Phi) is 6.82. The number of nitrogens with one attached hydrogen (secondary N) is 1. The minimum absolute atomic E-state index is 0.479. The van der Waals surface area contributed by atoms with E-state index in [-0.39, 0.29) is 0 Å². The molecule has 0 saturated carbocycles. The summed E-state index contributed by atoms with van der Waals surface area (Å²) in [5, 5.41) is 3.55. The molecule has 2 nitrogen and oxygen atoms in total. The molecule has 0 aromatic carbocycles. The summed E-state index contributed by atoms with van der Waals surface area (Å²) >= 11 is 0. The van der Waals surface area contributed by atoms with Gasteiger partial charge >= 0.3 is 0 Å². The predicted octanol–water partition coefficient (Wildman–Crippen LogP) is 3.77. The van der Waals surface area contributed by atoms with Crippen molar-refractivity contribution in [2.75, 3.05) is 26.2 Å². The second kappa shape index (κ2) is 7.64. The minimum Gasteiger partial charge on any atom is -0.316 e. The summed E-state index contributed by atoms with van der Waals surface area (Å²) in [6, 6.07) is 0.758. The fourth-order valence-corrected chi connectivity index (χ4v) is 2.99. The second-order valence-electron chi connectivity index (χ2n) is 7.94. The lowest BCUT2D eigenvalue weighted by molar-refractivity contribution is 0.195. The van der Waals surface area contributed by atoms with E-state index in [2.05, 4.69) is 51.8 Å². The van der Waals surface area contributed by atoms with E-state index in [1.54, 1.807) is 0 Å². The van der Waals surface area contributed by atoms with Gasteiger partial charge in [-0.25, -0.2) is 0 Å². The van der Waals surface area contributed by atoms with E-state index in [1.165, 1.54) is 38.9 Å². The number of hydrogen-bond acceptors (Lipinski definition) is 2. The zero-order chi connectivity index (χ0) is 14.5. The first-order valence-electron chi connectivity index (χ1n) is 8.25. The predicted molar refractivity (Wildman–Crippen MR) is 85.5 cm³/mol. The lowest BCUT2D eigenvalue weighted by Crippen LogP contribution is -2.33. The normalized spacial score (nSPS) is 23.2. The van der Waals surface area contributed by atoms with Gasteiger partial charge in [0.05, 0.1) is 0 Å². The molecule has 0 radical (unpaired) electrons. The molecule has 2 unspecified atom stereocenters. The zero-order valence-corrected chi connectivity index (χ0v) is 14.1. The van der Waals surface area contributed by atoms with Gasteiger partial charge in [-0.05, 0) is 63.1 Å². The minimum atomic E-state index is 0.479. The van der Waals surface area contributed by atoms with E-state index >= 15 is 0 Å². The van der Waals surface area contributed by atoms with Crippen molar-refractivity contribution >= 4 is 0 Å². The first kappa shape index (κ1) is 17.0. The number of hydrogen-bond donors (Lipinski definition) is 1. The summed E-state index contributed by atoms with van der Waals surface area (Å²) in [7, 11) is 0.